The predicted octanol–water partition coefficient (Wildman–Crippen LogP) is -0.387. The SMILES string of the molecule is CC1(C)S[C@@H]2[C@H](NC(=O)C(NC(=O)c3cnc4ccc(=O)[nH]n4c3=O)C3=CCCCC3)C(=O)N2[C@H]1C(=O)O. The van der Waals surface area contributed by atoms with Crippen LogP contribution >= 0.6 is 11.8 Å². The fraction of sp³-hybridized carbons (Fsp3) is 0.458. The summed E-state index contributed by atoms with van der Waals surface area (Å²) in [4.78, 5) is 81.1. The summed E-state index contributed by atoms with van der Waals surface area (Å²) in [6, 6.07) is -0.592. The summed E-state index contributed by atoms with van der Waals surface area (Å²) >= 11 is 1.30. The van der Waals surface area contributed by atoms with Crippen LogP contribution in [-0.4, -0.2) is 76.5 Å². The molecule has 4 heterocycles. The van der Waals surface area contributed by atoms with Gasteiger partial charge in [-0.1, -0.05) is 6.08 Å². The van der Waals surface area contributed by atoms with Crippen molar-refractivity contribution in [2.75, 3.05) is 0 Å². The molecule has 0 aromatic carbocycles. The maximum atomic E-state index is 13.5. The highest BCUT2D eigenvalue weighted by Gasteiger charge is 2.64. The van der Waals surface area contributed by atoms with Crippen LogP contribution in [0.5, 0.6) is 0 Å². The number of thioether (sulfide) groups is 1. The van der Waals surface area contributed by atoms with Gasteiger partial charge in [0.05, 0.1) is 0 Å². The third-order valence-electron chi connectivity index (χ3n) is 7.05. The van der Waals surface area contributed by atoms with E-state index in [9.17, 15) is 33.9 Å². The number of hydrogen-bond acceptors (Lipinski definition) is 8. The highest BCUT2D eigenvalue weighted by Crippen LogP contribution is 2.50. The first-order valence-corrected chi connectivity index (χ1v) is 13.0. The molecule has 0 bridgehead atoms. The monoisotopic (exact) mass is 542 g/mol. The van der Waals surface area contributed by atoms with E-state index < -0.39 is 63.1 Å². The Morgan fingerprint density at radius 1 is 1.21 bits per heavy atom. The molecule has 200 valence electrons. The van der Waals surface area contributed by atoms with Gasteiger partial charge in [0.25, 0.3) is 17.0 Å². The second-order valence-electron chi connectivity index (χ2n) is 10.00. The topological polar surface area (TPSA) is 183 Å². The molecule has 14 heteroatoms. The third-order valence-corrected chi connectivity index (χ3v) is 8.62. The molecule has 1 unspecified atom stereocenters. The summed E-state index contributed by atoms with van der Waals surface area (Å²) in [6.07, 6.45) is 5.91. The maximum Gasteiger partial charge on any atom is 0.327 e. The predicted molar refractivity (Wildman–Crippen MR) is 136 cm³/mol. The molecule has 38 heavy (non-hydrogen) atoms. The number of allylic oxidation sites excluding steroid dienone is 1. The van der Waals surface area contributed by atoms with Crippen molar-refractivity contribution < 1.29 is 24.3 Å². The summed E-state index contributed by atoms with van der Waals surface area (Å²) in [5.74, 6) is -3.12. The van der Waals surface area contributed by atoms with Crippen LogP contribution in [0.4, 0.5) is 0 Å². The molecule has 2 aromatic heterocycles. The van der Waals surface area contributed by atoms with Crippen LogP contribution in [0.2, 0.25) is 0 Å². The minimum Gasteiger partial charge on any atom is -0.480 e. The molecule has 0 radical (unpaired) electrons. The fourth-order valence-corrected chi connectivity index (χ4v) is 6.82. The van der Waals surface area contributed by atoms with E-state index in [0.717, 1.165) is 23.6 Å². The summed E-state index contributed by atoms with van der Waals surface area (Å²) in [7, 11) is 0. The minimum atomic E-state index is -1.16. The average Bonchev–Trinajstić information content (AvgIpc) is 3.14. The van der Waals surface area contributed by atoms with Gasteiger partial charge < -0.3 is 20.6 Å². The molecule has 2 fully saturated rings. The Morgan fingerprint density at radius 3 is 2.66 bits per heavy atom. The van der Waals surface area contributed by atoms with Gasteiger partial charge in [0, 0.05) is 17.0 Å². The third kappa shape index (κ3) is 4.27. The lowest BCUT2D eigenvalue weighted by molar-refractivity contribution is -0.161. The van der Waals surface area contributed by atoms with Crippen molar-refractivity contribution in [3.63, 3.8) is 0 Å². The number of rotatable bonds is 6. The number of carbonyl (C=O) groups excluding carboxylic acids is 3. The molecule has 1 aliphatic carbocycles. The summed E-state index contributed by atoms with van der Waals surface area (Å²) in [5.41, 5.74) is -0.949. The van der Waals surface area contributed by atoms with Gasteiger partial charge in [-0.05, 0) is 51.2 Å². The number of nitrogens with zero attached hydrogens (tertiary/aromatic N) is 3. The van der Waals surface area contributed by atoms with Crippen molar-refractivity contribution in [2.45, 2.75) is 67.8 Å². The second kappa shape index (κ2) is 9.42. The second-order valence-corrected chi connectivity index (χ2v) is 11.8. The number of β-lactam (4-membered cyclic amide) rings is 1. The van der Waals surface area contributed by atoms with Crippen LogP contribution in [0, 0.1) is 0 Å². The number of aliphatic carboxylic acids is 1. The summed E-state index contributed by atoms with van der Waals surface area (Å²) in [5, 5.41) is 16.7. The highest BCUT2D eigenvalue weighted by atomic mass is 32.2. The zero-order valence-electron chi connectivity index (χ0n) is 20.6. The number of nitrogens with one attached hydrogen (secondary N) is 3. The van der Waals surface area contributed by atoms with Crippen LogP contribution < -0.4 is 21.8 Å². The van der Waals surface area contributed by atoms with Gasteiger partial charge in [0.2, 0.25) is 11.8 Å². The standard InChI is InChI=1S/C24H26N6O7S/c1-24(2)17(23(36)37)29-21(35)16(22(29)38-24)27-19(33)15(11-6-4-3-5-7-11)26-18(32)12-10-25-13-8-9-14(31)28-30(13)20(12)34/h6,8-10,15-17,22H,3-5,7H2,1-2H3,(H,26,32)(H,27,33)(H,28,31)(H,36,37)/t15?,16-,17+,22-/m1/s1. The Morgan fingerprint density at radius 2 is 1.97 bits per heavy atom. The number of carboxylic acids is 1. The van der Waals surface area contributed by atoms with Crippen LogP contribution in [0.3, 0.4) is 0 Å². The molecule has 0 saturated carbocycles. The van der Waals surface area contributed by atoms with Gasteiger partial charge in [-0.15, -0.1) is 11.8 Å². The number of carbonyl (C=O) groups is 4. The van der Waals surface area contributed by atoms with Crippen molar-refractivity contribution in [3.05, 3.63) is 56.2 Å². The van der Waals surface area contributed by atoms with E-state index in [1.54, 1.807) is 13.8 Å². The van der Waals surface area contributed by atoms with Crippen LogP contribution in [0.15, 0.2) is 39.6 Å². The van der Waals surface area contributed by atoms with Gasteiger partial charge in [-0.3, -0.25) is 29.1 Å². The zero-order valence-corrected chi connectivity index (χ0v) is 21.4. The molecule has 2 aliphatic heterocycles. The molecule has 2 saturated heterocycles. The normalized spacial score (nSPS) is 24.7. The number of hydrogen-bond donors (Lipinski definition) is 4. The molecule has 3 amide bonds. The first-order valence-electron chi connectivity index (χ1n) is 12.1. The molecule has 4 atom stereocenters. The Bertz CT molecular complexity index is 1510. The molecular weight excluding hydrogens is 516 g/mol. The number of amides is 3. The van der Waals surface area contributed by atoms with E-state index >= 15 is 0 Å². The number of carboxylic acid groups (broad SMARTS) is 1. The maximum absolute atomic E-state index is 13.5. The Labute approximate surface area is 219 Å². The van der Waals surface area contributed by atoms with Crippen molar-refractivity contribution in [1.82, 2.24) is 30.1 Å². The van der Waals surface area contributed by atoms with E-state index in [1.165, 1.54) is 28.8 Å². The van der Waals surface area contributed by atoms with E-state index in [0.29, 0.717) is 18.4 Å². The molecule has 4 N–H and O–H groups in total. The van der Waals surface area contributed by atoms with Crippen LogP contribution in [0.25, 0.3) is 5.65 Å². The molecular formula is C24H26N6O7S. The van der Waals surface area contributed by atoms with E-state index in [1.807, 2.05) is 6.08 Å². The average molecular weight is 543 g/mol. The van der Waals surface area contributed by atoms with Crippen molar-refractivity contribution in [3.8, 4) is 0 Å². The molecule has 2 aromatic rings. The largest absolute Gasteiger partial charge is 0.480 e. The number of H-pyrrole nitrogens is 1. The quantitative estimate of drug-likeness (QED) is 0.279. The highest BCUT2D eigenvalue weighted by molar-refractivity contribution is 8.01. The molecule has 13 nitrogen and oxygen atoms in total. The number of aromatic nitrogens is 3. The van der Waals surface area contributed by atoms with Gasteiger partial charge in [-0.25, -0.2) is 9.78 Å². The lowest BCUT2D eigenvalue weighted by Crippen LogP contribution is -2.71. The van der Waals surface area contributed by atoms with E-state index in [-0.39, 0.29) is 11.2 Å². The first kappa shape index (κ1) is 25.7. The smallest absolute Gasteiger partial charge is 0.327 e. The zero-order chi connectivity index (χ0) is 27.4. The Kier molecular flexibility index (Phi) is 6.37. The van der Waals surface area contributed by atoms with Crippen LogP contribution in [0.1, 0.15) is 49.9 Å². The molecule has 5 rings (SSSR count). The van der Waals surface area contributed by atoms with E-state index in [4.69, 9.17) is 0 Å². The van der Waals surface area contributed by atoms with Gasteiger partial charge in [-0.2, -0.15) is 4.52 Å². The summed E-state index contributed by atoms with van der Waals surface area (Å²) < 4.78 is 0.100. The van der Waals surface area contributed by atoms with Gasteiger partial charge in [0.15, 0.2) is 5.65 Å². The van der Waals surface area contributed by atoms with E-state index in [2.05, 4.69) is 20.7 Å². The van der Waals surface area contributed by atoms with Crippen molar-refractivity contribution >= 4 is 41.1 Å². The Hall–Kier alpha value is -3.94. The van der Waals surface area contributed by atoms with Crippen LogP contribution in [-0.2, 0) is 14.4 Å². The van der Waals surface area contributed by atoms with Crippen molar-refractivity contribution in [2.24, 2.45) is 0 Å². The lowest BCUT2D eigenvalue weighted by atomic mass is 9.92. The summed E-state index contributed by atoms with van der Waals surface area (Å²) in [6.45, 7) is 3.47. The molecule has 0 spiro atoms. The number of fused-ring (bicyclic) bond motifs is 2. The number of aromatic amines is 1. The minimum absolute atomic E-state index is 0.139. The van der Waals surface area contributed by atoms with Gasteiger partial charge in [0.1, 0.15) is 29.1 Å². The Balaban J connectivity index is 1.39. The lowest BCUT2D eigenvalue weighted by Gasteiger charge is -2.44. The first-order chi connectivity index (χ1) is 18.0. The molecule has 3 aliphatic rings. The van der Waals surface area contributed by atoms with Gasteiger partial charge >= 0.3 is 5.97 Å². The van der Waals surface area contributed by atoms with Crippen molar-refractivity contribution in [1.29, 1.82) is 0 Å². The fourth-order valence-electron chi connectivity index (χ4n) is 5.19.